The minimum absolute atomic E-state index is 0.178. The van der Waals surface area contributed by atoms with E-state index in [1.54, 1.807) is 6.92 Å². The van der Waals surface area contributed by atoms with E-state index in [0.717, 1.165) is 0 Å². The van der Waals surface area contributed by atoms with Crippen molar-refractivity contribution in [2.45, 2.75) is 13.0 Å². The quantitative estimate of drug-likeness (QED) is 0.501. The number of carbonyl (C=O) groups is 1. The molecule has 1 amide bonds. The van der Waals surface area contributed by atoms with Gasteiger partial charge < -0.3 is 20.3 Å². The van der Waals surface area contributed by atoms with Crippen molar-refractivity contribution in [1.29, 1.82) is 0 Å². The largest absolute Gasteiger partial charge is 0.447 e. The van der Waals surface area contributed by atoms with Crippen LogP contribution in [-0.2, 0) is 4.74 Å². The Morgan fingerprint density at radius 1 is 1.73 bits per heavy atom. The first-order chi connectivity index (χ1) is 5.20. The lowest BCUT2D eigenvalue weighted by Gasteiger charge is -2.07. The van der Waals surface area contributed by atoms with Gasteiger partial charge in [0.05, 0.1) is 6.61 Å². The van der Waals surface area contributed by atoms with Crippen LogP contribution in [0.25, 0.3) is 0 Å². The van der Waals surface area contributed by atoms with E-state index in [1.165, 1.54) is 0 Å². The Hall–Kier alpha value is -0.810. The van der Waals surface area contributed by atoms with Crippen LogP contribution in [0, 0.1) is 0 Å². The highest BCUT2D eigenvalue weighted by atomic mass is 16.6. The summed E-state index contributed by atoms with van der Waals surface area (Å²) in [5.41, 5.74) is 0. The SMILES string of the molecule is CCNC(=O)OC[C@H](O)CO. The molecule has 0 bridgehead atoms. The molecule has 0 aliphatic carbocycles. The molecule has 0 heterocycles. The minimum atomic E-state index is -0.988. The fraction of sp³-hybridized carbons (Fsp3) is 0.833. The molecule has 0 aliphatic rings. The van der Waals surface area contributed by atoms with Crippen LogP contribution in [-0.4, -0.2) is 42.2 Å². The topological polar surface area (TPSA) is 78.8 Å². The predicted molar refractivity (Wildman–Crippen MR) is 38.1 cm³/mol. The standard InChI is InChI=1S/C6H13NO4/c1-2-7-6(10)11-4-5(9)3-8/h5,8-9H,2-4H2,1H3,(H,7,10)/t5-/m1/s1. The van der Waals surface area contributed by atoms with Gasteiger partial charge in [0.2, 0.25) is 0 Å². The minimum Gasteiger partial charge on any atom is -0.447 e. The number of hydrogen-bond acceptors (Lipinski definition) is 4. The van der Waals surface area contributed by atoms with Crippen LogP contribution in [0.15, 0.2) is 0 Å². The molecule has 0 aliphatic heterocycles. The summed E-state index contributed by atoms with van der Waals surface area (Å²) < 4.78 is 4.48. The molecule has 66 valence electrons. The number of ether oxygens (including phenoxy) is 1. The van der Waals surface area contributed by atoms with Crippen molar-refractivity contribution < 1.29 is 19.7 Å². The molecule has 0 saturated heterocycles. The molecule has 3 N–H and O–H groups in total. The lowest BCUT2D eigenvalue weighted by atomic mass is 10.4. The first kappa shape index (κ1) is 10.2. The maximum atomic E-state index is 10.5. The third-order valence-electron chi connectivity index (χ3n) is 0.939. The van der Waals surface area contributed by atoms with E-state index in [0.29, 0.717) is 6.54 Å². The Morgan fingerprint density at radius 3 is 2.82 bits per heavy atom. The number of aliphatic hydroxyl groups excluding tert-OH is 2. The summed E-state index contributed by atoms with van der Waals surface area (Å²) in [5, 5.41) is 19.4. The number of nitrogens with one attached hydrogen (secondary N) is 1. The maximum absolute atomic E-state index is 10.5. The van der Waals surface area contributed by atoms with Crippen LogP contribution in [0.1, 0.15) is 6.92 Å². The predicted octanol–water partition coefficient (Wildman–Crippen LogP) is -0.914. The number of hydrogen-bond donors (Lipinski definition) is 3. The van der Waals surface area contributed by atoms with Gasteiger partial charge in [-0.05, 0) is 6.92 Å². The summed E-state index contributed by atoms with van der Waals surface area (Å²) in [4.78, 5) is 10.5. The van der Waals surface area contributed by atoms with Gasteiger partial charge in [0.25, 0.3) is 0 Å². The molecule has 5 heteroatoms. The smallest absolute Gasteiger partial charge is 0.407 e. The second-order valence-electron chi connectivity index (χ2n) is 1.97. The van der Waals surface area contributed by atoms with Crippen LogP contribution in [0.5, 0.6) is 0 Å². The Labute approximate surface area is 65.0 Å². The van der Waals surface area contributed by atoms with Gasteiger partial charge in [0.1, 0.15) is 12.7 Å². The Bertz CT molecular complexity index is 117. The Kier molecular flexibility index (Phi) is 5.50. The zero-order chi connectivity index (χ0) is 8.69. The Morgan fingerprint density at radius 2 is 2.36 bits per heavy atom. The first-order valence-electron chi connectivity index (χ1n) is 3.40. The van der Waals surface area contributed by atoms with Gasteiger partial charge in [-0.1, -0.05) is 0 Å². The fourth-order valence-corrected chi connectivity index (χ4v) is 0.420. The lowest BCUT2D eigenvalue weighted by Crippen LogP contribution is -2.28. The van der Waals surface area contributed by atoms with Gasteiger partial charge in [-0.15, -0.1) is 0 Å². The fourth-order valence-electron chi connectivity index (χ4n) is 0.420. The van der Waals surface area contributed by atoms with E-state index in [4.69, 9.17) is 10.2 Å². The van der Waals surface area contributed by atoms with Crippen LogP contribution in [0.2, 0.25) is 0 Å². The molecule has 0 saturated carbocycles. The zero-order valence-electron chi connectivity index (χ0n) is 6.41. The average molecular weight is 163 g/mol. The van der Waals surface area contributed by atoms with E-state index >= 15 is 0 Å². The summed E-state index contributed by atoms with van der Waals surface area (Å²) >= 11 is 0. The van der Waals surface area contributed by atoms with E-state index in [-0.39, 0.29) is 6.61 Å². The van der Waals surface area contributed by atoms with Crippen molar-refractivity contribution in [2.75, 3.05) is 19.8 Å². The van der Waals surface area contributed by atoms with E-state index in [9.17, 15) is 4.79 Å². The summed E-state index contributed by atoms with van der Waals surface area (Å²) in [6.07, 6.45) is -1.57. The molecular formula is C6H13NO4. The molecule has 0 rings (SSSR count). The van der Waals surface area contributed by atoms with Crippen LogP contribution in [0.4, 0.5) is 4.79 Å². The van der Waals surface area contributed by atoms with Crippen molar-refractivity contribution in [3.63, 3.8) is 0 Å². The highest BCUT2D eigenvalue weighted by molar-refractivity contribution is 5.66. The zero-order valence-corrected chi connectivity index (χ0v) is 6.41. The molecule has 0 radical (unpaired) electrons. The van der Waals surface area contributed by atoms with E-state index in [1.807, 2.05) is 0 Å². The van der Waals surface area contributed by atoms with Crippen molar-refractivity contribution in [1.82, 2.24) is 5.32 Å². The van der Waals surface area contributed by atoms with Crippen LogP contribution < -0.4 is 5.32 Å². The van der Waals surface area contributed by atoms with Crippen molar-refractivity contribution in [2.24, 2.45) is 0 Å². The molecule has 1 atom stereocenters. The third-order valence-corrected chi connectivity index (χ3v) is 0.939. The van der Waals surface area contributed by atoms with Gasteiger partial charge in [-0.2, -0.15) is 0 Å². The number of carbonyl (C=O) groups excluding carboxylic acids is 1. The summed E-state index contributed by atoms with van der Waals surface area (Å²) in [7, 11) is 0. The van der Waals surface area contributed by atoms with Crippen molar-refractivity contribution >= 4 is 6.09 Å². The normalized spacial score (nSPS) is 12.3. The number of amides is 1. The monoisotopic (exact) mass is 163 g/mol. The molecule has 0 unspecified atom stereocenters. The van der Waals surface area contributed by atoms with Crippen molar-refractivity contribution in [3.05, 3.63) is 0 Å². The molecule has 11 heavy (non-hydrogen) atoms. The number of aliphatic hydroxyl groups is 2. The van der Waals surface area contributed by atoms with Crippen molar-refractivity contribution in [3.8, 4) is 0 Å². The van der Waals surface area contributed by atoms with E-state index in [2.05, 4.69) is 10.1 Å². The average Bonchev–Trinajstić information content (AvgIpc) is 2.01. The van der Waals surface area contributed by atoms with Gasteiger partial charge in [0, 0.05) is 6.54 Å². The summed E-state index contributed by atoms with van der Waals surface area (Å²) in [5.74, 6) is 0. The third kappa shape index (κ3) is 5.63. The van der Waals surface area contributed by atoms with Gasteiger partial charge in [0.15, 0.2) is 0 Å². The van der Waals surface area contributed by atoms with Crippen LogP contribution >= 0.6 is 0 Å². The van der Waals surface area contributed by atoms with Gasteiger partial charge >= 0.3 is 6.09 Å². The van der Waals surface area contributed by atoms with Gasteiger partial charge in [-0.25, -0.2) is 4.79 Å². The first-order valence-corrected chi connectivity index (χ1v) is 3.40. The molecule has 0 aromatic heterocycles. The molecule has 5 nitrogen and oxygen atoms in total. The lowest BCUT2D eigenvalue weighted by molar-refractivity contribution is 0.0323. The van der Waals surface area contributed by atoms with Gasteiger partial charge in [-0.3, -0.25) is 0 Å². The summed E-state index contributed by atoms with van der Waals surface area (Å²) in [6, 6.07) is 0. The number of rotatable bonds is 4. The molecule has 0 aromatic carbocycles. The molecule has 0 fully saturated rings. The van der Waals surface area contributed by atoms with Crippen LogP contribution in [0.3, 0.4) is 0 Å². The van der Waals surface area contributed by atoms with E-state index < -0.39 is 18.8 Å². The summed E-state index contributed by atoms with van der Waals surface area (Å²) in [6.45, 7) is 1.65. The molecule has 0 spiro atoms. The number of alkyl carbamates (subject to hydrolysis) is 1. The molecular weight excluding hydrogens is 150 g/mol. The second-order valence-corrected chi connectivity index (χ2v) is 1.97. The highest BCUT2D eigenvalue weighted by Gasteiger charge is 2.05. The molecule has 0 aromatic rings. The maximum Gasteiger partial charge on any atom is 0.407 e. The highest BCUT2D eigenvalue weighted by Crippen LogP contribution is 1.83. The Balaban J connectivity index is 3.30. The second kappa shape index (κ2) is 5.94.